The first-order valence-corrected chi connectivity index (χ1v) is 8.60. The van der Waals surface area contributed by atoms with Crippen molar-refractivity contribution in [2.45, 2.75) is 44.7 Å². The number of amides is 1. The van der Waals surface area contributed by atoms with Crippen LogP contribution in [0.5, 0.6) is 0 Å². The maximum atomic E-state index is 12.7. The van der Waals surface area contributed by atoms with E-state index < -0.39 is 0 Å². The predicted octanol–water partition coefficient (Wildman–Crippen LogP) is 0.698. The van der Waals surface area contributed by atoms with E-state index in [4.69, 9.17) is 4.74 Å². The SMILES string of the molecule is CC(C(=O)N1CCOCC1)N1CCCC1C1CCNCC1. The van der Waals surface area contributed by atoms with E-state index in [1.165, 1.54) is 25.7 Å². The zero-order valence-electron chi connectivity index (χ0n) is 13.2. The zero-order chi connectivity index (χ0) is 14.7. The Balaban J connectivity index is 1.61. The lowest BCUT2D eigenvalue weighted by Gasteiger charge is -2.39. The van der Waals surface area contributed by atoms with Gasteiger partial charge in [-0.15, -0.1) is 0 Å². The molecule has 120 valence electrons. The molecule has 3 aliphatic rings. The number of ether oxygens (including phenoxy) is 1. The molecule has 5 heteroatoms. The Morgan fingerprint density at radius 1 is 1.14 bits per heavy atom. The smallest absolute Gasteiger partial charge is 0.239 e. The molecule has 0 aromatic carbocycles. The van der Waals surface area contributed by atoms with Gasteiger partial charge in [0.05, 0.1) is 19.3 Å². The summed E-state index contributed by atoms with van der Waals surface area (Å²) >= 11 is 0. The average molecular weight is 295 g/mol. The third-order valence-corrected chi connectivity index (χ3v) is 5.45. The van der Waals surface area contributed by atoms with E-state index in [2.05, 4.69) is 17.1 Å². The van der Waals surface area contributed by atoms with Crippen LogP contribution in [0.2, 0.25) is 0 Å². The fourth-order valence-electron chi connectivity index (χ4n) is 4.22. The Kier molecular flexibility index (Phi) is 5.14. The van der Waals surface area contributed by atoms with Gasteiger partial charge in [-0.3, -0.25) is 9.69 Å². The summed E-state index contributed by atoms with van der Waals surface area (Å²) in [6, 6.07) is 0.651. The molecule has 2 atom stereocenters. The van der Waals surface area contributed by atoms with Crippen molar-refractivity contribution in [1.82, 2.24) is 15.1 Å². The Morgan fingerprint density at radius 2 is 1.86 bits per heavy atom. The molecular weight excluding hydrogens is 266 g/mol. The van der Waals surface area contributed by atoms with Crippen LogP contribution in [0.1, 0.15) is 32.6 Å². The fraction of sp³-hybridized carbons (Fsp3) is 0.938. The normalized spacial score (nSPS) is 30.5. The summed E-state index contributed by atoms with van der Waals surface area (Å²) in [4.78, 5) is 17.2. The number of hydrogen-bond acceptors (Lipinski definition) is 4. The average Bonchev–Trinajstić information content (AvgIpc) is 3.04. The largest absolute Gasteiger partial charge is 0.378 e. The number of piperidine rings is 1. The summed E-state index contributed by atoms with van der Waals surface area (Å²) in [5.41, 5.74) is 0. The van der Waals surface area contributed by atoms with Gasteiger partial charge in [0.25, 0.3) is 0 Å². The first-order valence-electron chi connectivity index (χ1n) is 8.60. The van der Waals surface area contributed by atoms with Crippen molar-refractivity contribution in [2.75, 3.05) is 45.9 Å². The van der Waals surface area contributed by atoms with Crippen LogP contribution in [-0.4, -0.2) is 73.7 Å². The minimum absolute atomic E-state index is 0.0329. The zero-order valence-corrected chi connectivity index (χ0v) is 13.2. The lowest BCUT2D eigenvalue weighted by molar-refractivity contribution is -0.141. The highest BCUT2D eigenvalue weighted by Crippen LogP contribution is 2.31. The molecule has 0 radical (unpaired) electrons. The Labute approximate surface area is 128 Å². The second kappa shape index (κ2) is 7.07. The molecule has 5 nitrogen and oxygen atoms in total. The maximum Gasteiger partial charge on any atom is 0.239 e. The van der Waals surface area contributed by atoms with Gasteiger partial charge in [-0.05, 0) is 58.2 Å². The number of morpholine rings is 1. The third kappa shape index (κ3) is 3.41. The molecule has 1 N–H and O–H groups in total. The van der Waals surface area contributed by atoms with Gasteiger partial charge in [-0.1, -0.05) is 0 Å². The van der Waals surface area contributed by atoms with Gasteiger partial charge in [-0.2, -0.15) is 0 Å². The Morgan fingerprint density at radius 3 is 2.57 bits per heavy atom. The van der Waals surface area contributed by atoms with E-state index in [1.807, 2.05) is 4.90 Å². The molecule has 0 saturated carbocycles. The number of nitrogens with one attached hydrogen (secondary N) is 1. The van der Waals surface area contributed by atoms with Gasteiger partial charge in [0, 0.05) is 19.1 Å². The van der Waals surface area contributed by atoms with Crippen LogP contribution in [-0.2, 0) is 9.53 Å². The van der Waals surface area contributed by atoms with E-state index in [0.717, 1.165) is 38.6 Å². The van der Waals surface area contributed by atoms with Crippen molar-refractivity contribution >= 4 is 5.91 Å². The van der Waals surface area contributed by atoms with Crippen molar-refractivity contribution < 1.29 is 9.53 Å². The molecule has 3 heterocycles. The number of rotatable bonds is 3. The van der Waals surface area contributed by atoms with E-state index in [-0.39, 0.29) is 6.04 Å². The van der Waals surface area contributed by atoms with Crippen LogP contribution in [0.4, 0.5) is 0 Å². The summed E-state index contributed by atoms with van der Waals surface area (Å²) in [5.74, 6) is 1.08. The second-order valence-corrected chi connectivity index (χ2v) is 6.65. The predicted molar refractivity (Wildman–Crippen MR) is 82.2 cm³/mol. The number of hydrogen-bond donors (Lipinski definition) is 1. The Bertz CT molecular complexity index is 351. The number of carbonyl (C=O) groups excluding carboxylic acids is 1. The van der Waals surface area contributed by atoms with Crippen molar-refractivity contribution in [3.05, 3.63) is 0 Å². The van der Waals surface area contributed by atoms with Crippen molar-refractivity contribution in [1.29, 1.82) is 0 Å². The summed E-state index contributed by atoms with van der Waals surface area (Å²) in [6.45, 7) is 8.38. The van der Waals surface area contributed by atoms with Crippen LogP contribution >= 0.6 is 0 Å². The van der Waals surface area contributed by atoms with Gasteiger partial charge < -0.3 is 15.0 Å². The van der Waals surface area contributed by atoms with Crippen molar-refractivity contribution in [3.63, 3.8) is 0 Å². The molecule has 3 aliphatic heterocycles. The minimum Gasteiger partial charge on any atom is -0.378 e. The first kappa shape index (κ1) is 15.3. The Hall–Kier alpha value is -0.650. The van der Waals surface area contributed by atoms with Gasteiger partial charge in [-0.25, -0.2) is 0 Å². The van der Waals surface area contributed by atoms with Crippen LogP contribution in [0.3, 0.4) is 0 Å². The molecule has 3 rings (SSSR count). The molecule has 0 spiro atoms. The van der Waals surface area contributed by atoms with Crippen molar-refractivity contribution in [2.24, 2.45) is 5.92 Å². The van der Waals surface area contributed by atoms with Gasteiger partial charge in [0.1, 0.15) is 0 Å². The molecule has 3 fully saturated rings. The molecule has 0 aliphatic carbocycles. The highest BCUT2D eigenvalue weighted by atomic mass is 16.5. The first-order chi connectivity index (χ1) is 10.3. The quantitative estimate of drug-likeness (QED) is 0.832. The molecule has 0 aromatic heterocycles. The lowest BCUT2D eigenvalue weighted by Crippen LogP contribution is -2.53. The van der Waals surface area contributed by atoms with Crippen LogP contribution in [0.15, 0.2) is 0 Å². The van der Waals surface area contributed by atoms with Crippen molar-refractivity contribution in [3.8, 4) is 0 Å². The molecule has 1 amide bonds. The molecule has 0 bridgehead atoms. The summed E-state index contributed by atoms with van der Waals surface area (Å²) in [6.07, 6.45) is 5.04. The van der Waals surface area contributed by atoms with Crippen LogP contribution in [0, 0.1) is 5.92 Å². The molecule has 0 aromatic rings. The molecule has 3 saturated heterocycles. The second-order valence-electron chi connectivity index (χ2n) is 6.65. The molecule has 2 unspecified atom stereocenters. The highest BCUT2D eigenvalue weighted by Gasteiger charge is 2.38. The van der Waals surface area contributed by atoms with E-state index in [0.29, 0.717) is 25.2 Å². The fourth-order valence-corrected chi connectivity index (χ4v) is 4.22. The number of carbonyl (C=O) groups is 1. The minimum atomic E-state index is 0.0329. The van der Waals surface area contributed by atoms with E-state index >= 15 is 0 Å². The lowest BCUT2D eigenvalue weighted by atomic mass is 9.88. The van der Waals surface area contributed by atoms with E-state index in [9.17, 15) is 4.79 Å². The monoisotopic (exact) mass is 295 g/mol. The van der Waals surface area contributed by atoms with Gasteiger partial charge in [0.15, 0.2) is 0 Å². The van der Waals surface area contributed by atoms with E-state index in [1.54, 1.807) is 0 Å². The number of nitrogens with zero attached hydrogens (tertiary/aromatic N) is 2. The highest BCUT2D eigenvalue weighted by molar-refractivity contribution is 5.81. The number of likely N-dealkylation sites (tertiary alicyclic amines) is 1. The standard InChI is InChI=1S/C16H29N3O2/c1-13(16(20)18-9-11-21-12-10-18)19-8-2-3-15(19)14-4-6-17-7-5-14/h13-15,17H,2-12H2,1H3. The van der Waals surface area contributed by atoms with Crippen LogP contribution < -0.4 is 5.32 Å². The topological polar surface area (TPSA) is 44.8 Å². The van der Waals surface area contributed by atoms with Crippen LogP contribution in [0.25, 0.3) is 0 Å². The van der Waals surface area contributed by atoms with Gasteiger partial charge in [0.2, 0.25) is 5.91 Å². The summed E-state index contributed by atoms with van der Waals surface area (Å²) in [7, 11) is 0. The van der Waals surface area contributed by atoms with Gasteiger partial charge >= 0.3 is 0 Å². The summed E-state index contributed by atoms with van der Waals surface area (Å²) in [5, 5.41) is 3.45. The maximum absolute atomic E-state index is 12.7. The summed E-state index contributed by atoms with van der Waals surface area (Å²) < 4.78 is 5.36. The molecule has 21 heavy (non-hydrogen) atoms. The molecular formula is C16H29N3O2. The third-order valence-electron chi connectivity index (χ3n) is 5.45.